The van der Waals surface area contributed by atoms with Gasteiger partial charge in [0.15, 0.2) is 5.78 Å². The molecule has 1 unspecified atom stereocenters. The summed E-state index contributed by atoms with van der Waals surface area (Å²) in [7, 11) is 1.41. The van der Waals surface area contributed by atoms with E-state index in [1.54, 1.807) is 6.92 Å². The summed E-state index contributed by atoms with van der Waals surface area (Å²) in [5.74, 6) is -0.700. The zero-order chi connectivity index (χ0) is 11.6. The normalized spacial score (nSPS) is 12.3. The molecule has 0 saturated carbocycles. The van der Waals surface area contributed by atoms with E-state index in [4.69, 9.17) is 16.3 Å². The number of rotatable bonds is 3. The molecule has 0 spiro atoms. The Morgan fingerprint density at radius 2 is 2.20 bits per heavy atom. The van der Waals surface area contributed by atoms with E-state index in [-0.39, 0.29) is 22.1 Å². The van der Waals surface area contributed by atoms with Crippen molar-refractivity contribution in [3.05, 3.63) is 28.5 Å². The molecule has 0 aliphatic carbocycles. The van der Waals surface area contributed by atoms with Gasteiger partial charge < -0.3 is 4.74 Å². The summed E-state index contributed by atoms with van der Waals surface area (Å²) in [5.41, 5.74) is -0.0272. The van der Waals surface area contributed by atoms with Crippen molar-refractivity contribution >= 4 is 33.3 Å². The van der Waals surface area contributed by atoms with Crippen LogP contribution in [0.1, 0.15) is 17.3 Å². The van der Waals surface area contributed by atoms with Crippen molar-refractivity contribution in [3.8, 4) is 5.75 Å². The molecule has 0 aromatic heterocycles. The Hall–Kier alpha value is -0.610. The van der Waals surface area contributed by atoms with Crippen LogP contribution in [-0.4, -0.2) is 17.7 Å². The number of alkyl halides is 1. The van der Waals surface area contributed by atoms with Crippen LogP contribution in [0.5, 0.6) is 5.75 Å². The van der Waals surface area contributed by atoms with Crippen LogP contribution < -0.4 is 4.74 Å². The molecule has 0 radical (unpaired) electrons. The van der Waals surface area contributed by atoms with Gasteiger partial charge in [-0.25, -0.2) is 4.39 Å². The number of carbonyl (C=O) groups is 1. The number of ether oxygens (including phenoxy) is 1. The summed E-state index contributed by atoms with van der Waals surface area (Å²) in [4.78, 5) is 11.1. The SMILES string of the molecule is COc1cc(C(=O)C(C)Br)c(F)cc1Cl. The van der Waals surface area contributed by atoms with Crippen LogP contribution >= 0.6 is 27.5 Å². The number of Topliss-reactive ketones (excluding diaryl/α,β-unsaturated/α-hetero) is 1. The first-order chi connectivity index (χ1) is 6.97. The Balaban J connectivity index is 3.24. The van der Waals surface area contributed by atoms with E-state index in [2.05, 4.69) is 15.9 Å². The smallest absolute Gasteiger partial charge is 0.179 e. The lowest BCUT2D eigenvalue weighted by atomic mass is 10.1. The van der Waals surface area contributed by atoms with Gasteiger partial charge in [0.05, 0.1) is 22.5 Å². The highest BCUT2D eigenvalue weighted by atomic mass is 79.9. The molecule has 15 heavy (non-hydrogen) atoms. The number of hydrogen-bond donors (Lipinski definition) is 0. The van der Waals surface area contributed by atoms with Crippen LogP contribution in [0.4, 0.5) is 4.39 Å². The molecule has 0 fully saturated rings. The van der Waals surface area contributed by atoms with Gasteiger partial charge in [0.1, 0.15) is 11.6 Å². The summed E-state index contributed by atoms with van der Waals surface area (Å²) in [6.45, 7) is 1.63. The minimum Gasteiger partial charge on any atom is -0.495 e. The Morgan fingerprint density at radius 3 is 2.67 bits per heavy atom. The van der Waals surface area contributed by atoms with Gasteiger partial charge in [0.25, 0.3) is 0 Å². The monoisotopic (exact) mass is 294 g/mol. The lowest BCUT2D eigenvalue weighted by Crippen LogP contribution is -2.12. The zero-order valence-electron chi connectivity index (χ0n) is 8.18. The van der Waals surface area contributed by atoms with Crippen molar-refractivity contribution in [2.75, 3.05) is 7.11 Å². The molecule has 0 heterocycles. The van der Waals surface area contributed by atoms with Crippen LogP contribution in [0.2, 0.25) is 5.02 Å². The third-order valence-corrected chi connectivity index (χ3v) is 2.58. The first-order valence-electron chi connectivity index (χ1n) is 4.18. The Kier molecular flexibility index (Phi) is 4.11. The second kappa shape index (κ2) is 4.94. The molecule has 2 nitrogen and oxygen atoms in total. The number of methoxy groups -OCH3 is 1. The summed E-state index contributed by atoms with van der Waals surface area (Å²) in [5, 5.41) is 0.147. The van der Waals surface area contributed by atoms with Crippen LogP contribution in [0, 0.1) is 5.82 Å². The maximum Gasteiger partial charge on any atom is 0.179 e. The predicted octanol–water partition coefficient (Wildman–Crippen LogP) is 3.45. The fourth-order valence-corrected chi connectivity index (χ4v) is 1.56. The molecule has 0 aliphatic rings. The van der Waals surface area contributed by atoms with Crippen LogP contribution in [0.25, 0.3) is 0 Å². The highest BCUT2D eigenvalue weighted by molar-refractivity contribution is 9.10. The van der Waals surface area contributed by atoms with Gasteiger partial charge in [-0.05, 0) is 19.1 Å². The standard InChI is InChI=1S/C10H9BrClFO2/c1-5(11)10(14)6-3-9(15-2)7(12)4-8(6)13/h3-5H,1-2H3. The average molecular weight is 296 g/mol. The largest absolute Gasteiger partial charge is 0.495 e. The van der Waals surface area contributed by atoms with Crippen molar-refractivity contribution < 1.29 is 13.9 Å². The second-order valence-corrected chi connectivity index (χ2v) is 4.73. The minimum absolute atomic E-state index is 0.0272. The lowest BCUT2D eigenvalue weighted by molar-refractivity contribution is 0.0991. The number of ketones is 1. The molecule has 0 bridgehead atoms. The molecular weight excluding hydrogens is 286 g/mol. The van der Waals surface area contributed by atoms with Gasteiger partial charge in [-0.3, -0.25) is 4.79 Å². The van der Waals surface area contributed by atoms with Gasteiger partial charge in [0, 0.05) is 0 Å². The Morgan fingerprint density at radius 1 is 1.60 bits per heavy atom. The van der Waals surface area contributed by atoms with Gasteiger partial charge in [0.2, 0.25) is 0 Å². The van der Waals surface area contributed by atoms with Crippen molar-refractivity contribution in [1.82, 2.24) is 0 Å². The molecule has 5 heteroatoms. The second-order valence-electron chi connectivity index (χ2n) is 2.95. The Labute approximate surface area is 101 Å². The summed E-state index contributed by atoms with van der Waals surface area (Å²) in [6, 6.07) is 2.38. The number of hydrogen-bond acceptors (Lipinski definition) is 2. The van der Waals surface area contributed by atoms with Crippen molar-refractivity contribution in [2.24, 2.45) is 0 Å². The topological polar surface area (TPSA) is 26.3 Å². The van der Waals surface area contributed by atoms with Crippen molar-refractivity contribution in [2.45, 2.75) is 11.8 Å². The zero-order valence-corrected chi connectivity index (χ0v) is 10.5. The molecule has 1 atom stereocenters. The minimum atomic E-state index is -0.642. The molecule has 1 rings (SSSR count). The fraction of sp³-hybridized carbons (Fsp3) is 0.300. The molecule has 1 aromatic rings. The maximum absolute atomic E-state index is 13.4. The van der Waals surface area contributed by atoms with E-state index in [9.17, 15) is 9.18 Å². The molecule has 82 valence electrons. The van der Waals surface area contributed by atoms with E-state index in [0.717, 1.165) is 6.07 Å². The fourth-order valence-electron chi connectivity index (χ4n) is 1.09. The molecular formula is C10H9BrClFO2. The van der Waals surface area contributed by atoms with E-state index in [0.29, 0.717) is 0 Å². The lowest BCUT2D eigenvalue weighted by Gasteiger charge is -2.08. The van der Waals surface area contributed by atoms with E-state index < -0.39 is 10.6 Å². The molecule has 0 N–H and O–H groups in total. The average Bonchev–Trinajstić information content (AvgIpc) is 2.17. The predicted molar refractivity (Wildman–Crippen MR) is 60.7 cm³/mol. The molecule has 0 saturated heterocycles. The third kappa shape index (κ3) is 2.69. The Bertz CT molecular complexity index is 393. The van der Waals surface area contributed by atoms with Crippen LogP contribution in [-0.2, 0) is 0 Å². The highest BCUT2D eigenvalue weighted by Gasteiger charge is 2.18. The van der Waals surface area contributed by atoms with Crippen molar-refractivity contribution in [3.63, 3.8) is 0 Å². The summed E-state index contributed by atoms with van der Waals surface area (Å²) in [6.07, 6.45) is 0. The molecule has 0 aliphatic heterocycles. The van der Waals surface area contributed by atoms with Gasteiger partial charge in [-0.15, -0.1) is 0 Å². The molecule has 0 amide bonds. The maximum atomic E-state index is 13.4. The van der Waals surface area contributed by atoms with E-state index >= 15 is 0 Å². The number of carbonyl (C=O) groups excluding carboxylic acids is 1. The number of halogens is 3. The summed E-state index contributed by atoms with van der Waals surface area (Å²) >= 11 is 8.78. The number of benzene rings is 1. The van der Waals surface area contributed by atoms with Crippen LogP contribution in [0.3, 0.4) is 0 Å². The first-order valence-corrected chi connectivity index (χ1v) is 5.48. The molecule has 1 aromatic carbocycles. The van der Waals surface area contributed by atoms with Gasteiger partial charge in [-0.1, -0.05) is 27.5 Å². The quantitative estimate of drug-likeness (QED) is 0.630. The van der Waals surface area contributed by atoms with Gasteiger partial charge >= 0.3 is 0 Å². The highest BCUT2D eigenvalue weighted by Crippen LogP contribution is 2.28. The van der Waals surface area contributed by atoms with Crippen molar-refractivity contribution in [1.29, 1.82) is 0 Å². The summed E-state index contributed by atoms with van der Waals surface area (Å²) < 4.78 is 18.3. The van der Waals surface area contributed by atoms with E-state index in [1.165, 1.54) is 13.2 Å². The first kappa shape index (κ1) is 12.5. The van der Waals surface area contributed by atoms with Gasteiger partial charge in [-0.2, -0.15) is 0 Å². The van der Waals surface area contributed by atoms with Crippen LogP contribution in [0.15, 0.2) is 12.1 Å². The van der Waals surface area contributed by atoms with E-state index in [1.807, 2.05) is 0 Å². The third-order valence-electron chi connectivity index (χ3n) is 1.87.